The summed E-state index contributed by atoms with van der Waals surface area (Å²) in [6.07, 6.45) is 2.05. The van der Waals surface area contributed by atoms with Gasteiger partial charge in [-0.15, -0.1) is 0 Å². The van der Waals surface area contributed by atoms with Crippen molar-refractivity contribution >= 4 is 34.5 Å². The molecule has 1 atom stereocenters. The number of rotatable bonds is 6. The predicted octanol–water partition coefficient (Wildman–Crippen LogP) is 3.45. The third kappa shape index (κ3) is 3.95. The van der Waals surface area contributed by atoms with Crippen LogP contribution in [0.3, 0.4) is 0 Å². The molecule has 1 fully saturated rings. The standard InChI is InChI=1S/C21H19N3O2S/c22-20(25)16-12-18(24-17-9-5-4-8-15(16)17)27-19(13-6-2-1-3-7-13)21(26)23-14-10-11-14/h1-9,12,14,19H,10-11H2,(H2,22,25)(H,23,26)/t19-/m0/s1. The van der Waals surface area contributed by atoms with Crippen molar-refractivity contribution in [3.8, 4) is 0 Å². The van der Waals surface area contributed by atoms with Crippen molar-refractivity contribution in [2.75, 3.05) is 0 Å². The van der Waals surface area contributed by atoms with Crippen LogP contribution in [0.15, 0.2) is 65.7 Å². The number of hydrogen-bond donors (Lipinski definition) is 2. The summed E-state index contributed by atoms with van der Waals surface area (Å²) < 4.78 is 0. The van der Waals surface area contributed by atoms with Crippen molar-refractivity contribution in [1.29, 1.82) is 0 Å². The molecule has 0 aliphatic heterocycles. The minimum Gasteiger partial charge on any atom is -0.366 e. The first kappa shape index (κ1) is 17.5. The number of nitrogens with one attached hydrogen (secondary N) is 1. The van der Waals surface area contributed by atoms with E-state index < -0.39 is 11.2 Å². The molecule has 2 amide bonds. The maximum absolute atomic E-state index is 12.8. The topological polar surface area (TPSA) is 85.1 Å². The van der Waals surface area contributed by atoms with Crippen molar-refractivity contribution in [2.45, 2.75) is 29.2 Å². The Morgan fingerprint density at radius 3 is 2.48 bits per heavy atom. The average Bonchev–Trinajstić information content (AvgIpc) is 3.50. The highest BCUT2D eigenvalue weighted by atomic mass is 32.2. The lowest BCUT2D eigenvalue weighted by molar-refractivity contribution is -0.120. The summed E-state index contributed by atoms with van der Waals surface area (Å²) in [4.78, 5) is 29.4. The number of carbonyl (C=O) groups excluding carboxylic acids is 2. The van der Waals surface area contributed by atoms with E-state index in [4.69, 9.17) is 5.73 Å². The lowest BCUT2D eigenvalue weighted by Gasteiger charge is -2.17. The number of aromatic nitrogens is 1. The molecule has 1 aromatic heterocycles. The van der Waals surface area contributed by atoms with Gasteiger partial charge in [-0.05, 0) is 30.5 Å². The summed E-state index contributed by atoms with van der Waals surface area (Å²) in [7, 11) is 0. The molecule has 5 nitrogen and oxygen atoms in total. The van der Waals surface area contributed by atoms with Crippen LogP contribution in [-0.4, -0.2) is 22.8 Å². The average molecular weight is 377 g/mol. The molecule has 3 N–H and O–H groups in total. The van der Waals surface area contributed by atoms with Gasteiger partial charge in [0.1, 0.15) is 5.25 Å². The Morgan fingerprint density at radius 2 is 1.78 bits per heavy atom. The zero-order chi connectivity index (χ0) is 18.8. The van der Waals surface area contributed by atoms with Gasteiger partial charge in [0.25, 0.3) is 0 Å². The highest BCUT2D eigenvalue weighted by Gasteiger charge is 2.29. The molecule has 0 spiro atoms. The van der Waals surface area contributed by atoms with Gasteiger partial charge in [-0.2, -0.15) is 0 Å². The van der Waals surface area contributed by atoms with Crippen LogP contribution in [0.1, 0.15) is 34.0 Å². The van der Waals surface area contributed by atoms with E-state index in [1.165, 1.54) is 11.8 Å². The third-order valence-corrected chi connectivity index (χ3v) is 5.63. The van der Waals surface area contributed by atoms with Crippen LogP contribution in [0.2, 0.25) is 0 Å². The zero-order valence-electron chi connectivity index (χ0n) is 14.6. The fourth-order valence-electron chi connectivity index (χ4n) is 2.94. The van der Waals surface area contributed by atoms with Crippen molar-refractivity contribution in [3.05, 3.63) is 71.8 Å². The Bertz CT molecular complexity index is 1000. The van der Waals surface area contributed by atoms with Gasteiger partial charge in [0.15, 0.2) is 0 Å². The molecule has 3 aromatic rings. The SMILES string of the molecule is NC(=O)c1cc(S[C@H](C(=O)NC2CC2)c2ccccc2)nc2ccccc12. The molecule has 0 unspecified atom stereocenters. The number of pyridine rings is 1. The van der Waals surface area contributed by atoms with Crippen LogP contribution in [-0.2, 0) is 4.79 Å². The molecule has 4 rings (SSSR count). The minimum absolute atomic E-state index is 0.0377. The van der Waals surface area contributed by atoms with Crippen LogP contribution in [0.4, 0.5) is 0 Å². The Hall–Kier alpha value is -2.86. The minimum atomic E-state index is -0.505. The Morgan fingerprint density at radius 1 is 1.07 bits per heavy atom. The number of fused-ring (bicyclic) bond motifs is 1. The van der Waals surface area contributed by atoms with E-state index in [2.05, 4.69) is 10.3 Å². The lowest BCUT2D eigenvalue weighted by Crippen LogP contribution is -2.29. The summed E-state index contributed by atoms with van der Waals surface area (Å²) in [5, 5.41) is 3.94. The second kappa shape index (κ2) is 7.40. The van der Waals surface area contributed by atoms with E-state index in [0.717, 1.165) is 18.4 Å². The zero-order valence-corrected chi connectivity index (χ0v) is 15.4. The summed E-state index contributed by atoms with van der Waals surface area (Å²) in [6, 6.07) is 18.9. The number of nitrogens with zero attached hydrogens (tertiary/aromatic N) is 1. The van der Waals surface area contributed by atoms with Crippen LogP contribution < -0.4 is 11.1 Å². The number of carbonyl (C=O) groups is 2. The third-order valence-electron chi connectivity index (χ3n) is 4.46. The first-order chi connectivity index (χ1) is 13.1. The Balaban J connectivity index is 1.72. The quantitative estimate of drug-likeness (QED) is 0.645. The molecule has 1 aliphatic rings. The van der Waals surface area contributed by atoms with E-state index in [-0.39, 0.29) is 11.9 Å². The molecular weight excluding hydrogens is 358 g/mol. The smallest absolute Gasteiger partial charge is 0.249 e. The molecule has 0 saturated heterocycles. The van der Waals surface area contributed by atoms with Gasteiger partial charge >= 0.3 is 0 Å². The second-order valence-electron chi connectivity index (χ2n) is 6.58. The summed E-state index contributed by atoms with van der Waals surface area (Å²) in [6.45, 7) is 0. The van der Waals surface area contributed by atoms with Crippen LogP contribution >= 0.6 is 11.8 Å². The molecular formula is C21H19N3O2S. The fourth-order valence-corrected chi connectivity index (χ4v) is 3.99. The maximum Gasteiger partial charge on any atom is 0.249 e. The van der Waals surface area contributed by atoms with Crippen LogP contribution in [0, 0.1) is 0 Å². The summed E-state index contributed by atoms with van der Waals surface area (Å²) >= 11 is 1.34. The molecule has 0 bridgehead atoms. The molecule has 1 heterocycles. The summed E-state index contributed by atoms with van der Waals surface area (Å²) in [5.41, 5.74) is 7.57. The molecule has 1 saturated carbocycles. The first-order valence-electron chi connectivity index (χ1n) is 8.83. The van der Waals surface area contributed by atoms with Gasteiger partial charge in [0, 0.05) is 11.4 Å². The van der Waals surface area contributed by atoms with Gasteiger partial charge < -0.3 is 11.1 Å². The predicted molar refractivity (Wildman–Crippen MR) is 106 cm³/mol. The van der Waals surface area contributed by atoms with Crippen molar-refractivity contribution in [1.82, 2.24) is 10.3 Å². The highest BCUT2D eigenvalue weighted by Crippen LogP contribution is 2.37. The molecule has 27 heavy (non-hydrogen) atoms. The highest BCUT2D eigenvalue weighted by molar-refractivity contribution is 8.00. The number of amides is 2. The first-order valence-corrected chi connectivity index (χ1v) is 9.71. The van der Waals surface area contributed by atoms with Crippen molar-refractivity contribution < 1.29 is 9.59 Å². The van der Waals surface area contributed by atoms with E-state index in [0.29, 0.717) is 21.5 Å². The monoisotopic (exact) mass is 377 g/mol. The molecule has 0 radical (unpaired) electrons. The van der Waals surface area contributed by atoms with E-state index >= 15 is 0 Å². The maximum atomic E-state index is 12.8. The number of nitrogens with two attached hydrogens (primary N) is 1. The molecule has 2 aromatic carbocycles. The largest absolute Gasteiger partial charge is 0.366 e. The lowest BCUT2D eigenvalue weighted by atomic mass is 10.1. The van der Waals surface area contributed by atoms with E-state index in [1.54, 1.807) is 6.07 Å². The molecule has 6 heteroatoms. The van der Waals surface area contributed by atoms with Gasteiger partial charge in [-0.25, -0.2) is 4.98 Å². The normalized spacial score (nSPS) is 14.7. The fraction of sp³-hybridized carbons (Fsp3) is 0.190. The summed E-state index contributed by atoms with van der Waals surface area (Å²) in [5.74, 6) is -0.543. The van der Waals surface area contributed by atoms with E-state index in [1.807, 2.05) is 54.6 Å². The van der Waals surface area contributed by atoms with Gasteiger partial charge in [-0.3, -0.25) is 9.59 Å². The second-order valence-corrected chi connectivity index (χ2v) is 7.71. The number of para-hydroxylation sites is 1. The number of primary amides is 1. The van der Waals surface area contributed by atoms with Crippen LogP contribution in [0.5, 0.6) is 0 Å². The Kier molecular flexibility index (Phi) is 4.81. The van der Waals surface area contributed by atoms with Crippen molar-refractivity contribution in [3.63, 3.8) is 0 Å². The van der Waals surface area contributed by atoms with Crippen LogP contribution in [0.25, 0.3) is 10.9 Å². The van der Waals surface area contributed by atoms with E-state index in [9.17, 15) is 9.59 Å². The number of hydrogen-bond acceptors (Lipinski definition) is 4. The van der Waals surface area contributed by atoms with Crippen molar-refractivity contribution in [2.24, 2.45) is 5.73 Å². The molecule has 136 valence electrons. The van der Waals surface area contributed by atoms with Gasteiger partial charge in [0.05, 0.1) is 16.1 Å². The number of thioether (sulfide) groups is 1. The molecule has 1 aliphatic carbocycles. The van der Waals surface area contributed by atoms with Gasteiger partial charge in [-0.1, -0.05) is 60.3 Å². The number of benzene rings is 2. The van der Waals surface area contributed by atoms with Gasteiger partial charge in [0.2, 0.25) is 11.8 Å². The Labute approximate surface area is 161 Å².